The first kappa shape index (κ1) is 8.91. The van der Waals surface area contributed by atoms with Crippen LogP contribution in [0.1, 0.15) is 0 Å². The molecular formula is C3H7NO5S2. The Morgan fingerprint density at radius 2 is 1.45 bits per heavy atom. The minimum atomic E-state index is -3.90. The van der Waals surface area contributed by atoms with Crippen molar-refractivity contribution in [3.05, 3.63) is 0 Å². The number of nitrogens with zero attached hydrogens (tertiary/aromatic N) is 1. The summed E-state index contributed by atoms with van der Waals surface area (Å²) in [5.74, 6) is -0.765. The molecule has 1 aliphatic heterocycles. The molecule has 1 rings (SSSR count). The van der Waals surface area contributed by atoms with Crippen molar-refractivity contribution in [2.75, 3.05) is 18.8 Å². The van der Waals surface area contributed by atoms with E-state index in [9.17, 15) is 16.8 Å². The molecule has 0 radical (unpaired) electrons. The minimum Gasteiger partial charge on any atom is -0.275 e. The van der Waals surface area contributed by atoms with Gasteiger partial charge in [0.05, 0.1) is 0 Å². The van der Waals surface area contributed by atoms with Crippen molar-refractivity contribution in [1.82, 2.24) is 4.90 Å². The van der Waals surface area contributed by atoms with Crippen LogP contribution in [-0.4, -0.2) is 40.5 Å². The molecule has 6 nitrogen and oxygen atoms in total. The topological polar surface area (TPSA) is 80.8 Å². The second kappa shape index (κ2) is 2.41. The minimum absolute atomic E-state index is 0.383. The van der Waals surface area contributed by atoms with Gasteiger partial charge in [-0.2, -0.15) is 16.8 Å². The number of hydrogen-bond donors (Lipinski definition) is 0. The average Bonchev–Trinajstić information content (AvgIpc) is 1.49. The summed E-state index contributed by atoms with van der Waals surface area (Å²) in [4.78, 5) is 1.15. The van der Waals surface area contributed by atoms with E-state index in [2.05, 4.69) is 3.63 Å². The molecule has 0 unspecified atom stereocenters. The predicted octanol–water partition coefficient (Wildman–Crippen LogP) is -1.48. The van der Waals surface area contributed by atoms with Gasteiger partial charge in [-0.1, -0.05) is 0 Å². The molecule has 0 spiro atoms. The molecule has 1 heterocycles. The van der Waals surface area contributed by atoms with Gasteiger partial charge >= 0.3 is 0 Å². The molecular weight excluding hydrogens is 194 g/mol. The fourth-order valence-corrected chi connectivity index (χ4v) is 3.76. The Hall–Kier alpha value is -0.180. The summed E-state index contributed by atoms with van der Waals surface area (Å²) in [6.07, 6.45) is 0. The van der Waals surface area contributed by atoms with Crippen molar-refractivity contribution in [2.45, 2.75) is 0 Å². The van der Waals surface area contributed by atoms with E-state index in [1.807, 2.05) is 0 Å². The van der Waals surface area contributed by atoms with Crippen molar-refractivity contribution in [3.63, 3.8) is 0 Å². The molecule has 0 bridgehead atoms. The zero-order valence-corrected chi connectivity index (χ0v) is 7.35. The van der Waals surface area contributed by atoms with E-state index in [0.29, 0.717) is 0 Å². The Balaban J connectivity index is 3.02. The van der Waals surface area contributed by atoms with Crippen LogP contribution < -0.4 is 0 Å². The van der Waals surface area contributed by atoms with Gasteiger partial charge in [0.1, 0.15) is 11.8 Å². The Labute approximate surface area is 65.0 Å². The van der Waals surface area contributed by atoms with Crippen LogP contribution in [0.25, 0.3) is 0 Å². The second-order valence-electron chi connectivity index (χ2n) is 2.30. The van der Waals surface area contributed by atoms with Gasteiger partial charge < -0.3 is 0 Å². The zero-order valence-electron chi connectivity index (χ0n) is 5.72. The van der Waals surface area contributed by atoms with E-state index in [4.69, 9.17) is 0 Å². The third-order valence-corrected chi connectivity index (χ3v) is 4.14. The summed E-state index contributed by atoms with van der Waals surface area (Å²) in [7, 11) is -6.42. The molecule has 0 aromatic carbocycles. The van der Waals surface area contributed by atoms with E-state index in [1.54, 1.807) is 0 Å². The molecule has 0 saturated carbocycles. The lowest BCUT2D eigenvalue weighted by Crippen LogP contribution is -2.39. The van der Waals surface area contributed by atoms with Crippen LogP contribution in [0.5, 0.6) is 0 Å². The first-order valence-corrected chi connectivity index (χ1v) is 5.81. The van der Waals surface area contributed by atoms with Crippen LogP contribution in [-0.2, 0) is 23.9 Å². The molecule has 0 amide bonds. The largest absolute Gasteiger partial charge is 0.295 e. The Morgan fingerprint density at radius 1 is 1.09 bits per heavy atom. The summed E-state index contributed by atoms with van der Waals surface area (Å²) in [5.41, 5.74) is 0. The van der Waals surface area contributed by atoms with Crippen LogP contribution in [0, 0.1) is 0 Å². The van der Waals surface area contributed by atoms with Crippen LogP contribution in [0.4, 0.5) is 0 Å². The summed E-state index contributed by atoms with van der Waals surface area (Å²) < 4.78 is 46.4. The lowest BCUT2D eigenvalue weighted by atomic mass is 11.0. The second-order valence-corrected chi connectivity index (χ2v) is 5.59. The molecule has 0 aromatic rings. The summed E-state index contributed by atoms with van der Waals surface area (Å²) in [5, 5.41) is 0. The molecule has 0 aliphatic carbocycles. The van der Waals surface area contributed by atoms with Gasteiger partial charge in [-0.15, -0.1) is 3.63 Å². The maximum Gasteiger partial charge on any atom is 0.295 e. The molecule has 0 N–H and O–H groups in total. The molecule has 1 fully saturated rings. The highest BCUT2D eigenvalue weighted by Gasteiger charge is 2.31. The normalized spacial score (nSPS) is 29.9. The fraction of sp³-hybridized carbons (Fsp3) is 1.00. The Kier molecular flexibility index (Phi) is 1.95. The molecule has 11 heavy (non-hydrogen) atoms. The van der Waals surface area contributed by atoms with Gasteiger partial charge in [-0.3, -0.25) is 4.90 Å². The molecule has 1 aliphatic rings. The fourth-order valence-electron chi connectivity index (χ4n) is 0.778. The third-order valence-electron chi connectivity index (χ3n) is 0.964. The molecule has 1 saturated heterocycles. The van der Waals surface area contributed by atoms with Crippen molar-refractivity contribution < 1.29 is 20.5 Å². The standard InChI is InChI=1S/C3H7NO5S2/c1-4-2-10(5,6)9-11(7,8)3-4/h2-3H2,1H3. The maximum absolute atomic E-state index is 10.6. The highest BCUT2D eigenvalue weighted by Crippen LogP contribution is 2.11. The van der Waals surface area contributed by atoms with E-state index in [1.165, 1.54) is 7.05 Å². The lowest BCUT2D eigenvalue weighted by Gasteiger charge is -2.20. The zero-order chi connectivity index (χ0) is 8.70. The quantitative estimate of drug-likeness (QED) is 0.475. The average molecular weight is 201 g/mol. The lowest BCUT2D eigenvalue weighted by molar-refractivity contribution is 0.357. The number of hydrogen-bond acceptors (Lipinski definition) is 6. The van der Waals surface area contributed by atoms with E-state index in [-0.39, 0.29) is 11.8 Å². The van der Waals surface area contributed by atoms with Crippen LogP contribution in [0.2, 0.25) is 0 Å². The maximum atomic E-state index is 10.6. The Morgan fingerprint density at radius 3 is 1.73 bits per heavy atom. The Bertz CT molecular complexity index is 306. The first-order chi connectivity index (χ1) is 4.81. The summed E-state index contributed by atoms with van der Waals surface area (Å²) >= 11 is 0. The monoisotopic (exact) mass is 201 g/mol. The molecule has 0 atom stereocenters. The van der Waals surface area contributed by atoms with Crippen molar-refractivity contribution in [1.29, 1.82) is 0 Å². The van der Waals surface area contributed by atoms with Gasteiger partial charge in [-0.25, -0.2) is 0 Å². The summed E-state index contributed by atoms with van der Waals surface area (Å²) in [6.45, 7) is 0. The van der Waals surface area contributed by atoms with Gasteiger partial charge in [0.2, 0.25) is 0 Å². The number of rotatable bonds is 0. The van der Waals surface area contributed by atoms with Crippen LogP contribution in [0.15, 0.2) is 0 Å². The van der Waals surface area contributed by atoms with Gasteiger partial charge in [-0.05, 0) is 7.05 Å². The molecule has 8 heteroatoms. The SMILES string of the molecule is CN1CS(=O)(=O)OS(=O)(=O)C1. The van der Waals surface area contributed by atoms with E-state index in [0.717, 1.165) is 4.90 Å². The van der Waals surface area contributed by atoms with Crippen molar-refractivity contribution >= 4 is 20.2 Å². The highest BCUT2D eigenvalue weighted by molar-refractivity contribution is 8.00. The smallest absolute Gasteiger partial charge is 0.275 e. The van der Waals surface area contributed by atoms with E-state index >= 15 is 0 Å². The summed E-state index contributed by atoms with van der Waals surface area (Å²) in [6, 6.07) is 0. The first-order valence-electron chi connectivity index (χ1n) is 2.66. The van der Waals surface area contributed by atoms with Crippen molar-refractivity contribution in [2.24, 2.45) is 0 Å². The molecule has 0 aromatic heterocycles. The van der Waals surface area contributed by atoms with Crippen molar-refractivity contribution in [3.8, 4) is 0 Å². The highest BCUT2D eigenvalue weighted by atomic mass is 32.3. The van der Waals surface area contributed by atoms with Gasteiger partial charge in [0.15, 0.2) is 0 Å². The van der Waals surface area contributed by atoms with Gasteiger partial charge in [0, 0.05) is 0 Å². The van der Waals surface area contributed by atoms with Gasteiger partial charge in [0.25, 0.3) is 20.2 Å². The van der Waals surface area contributed by atoms with Crippen LogP contribution >= 0.6 is 0 Å². The van der Waals surface area contributed by atoms with Crippen LogP contribution in [0.3, 0.4) is 0 Å². The van der Waals surface area contributed by atoms with E-state index < -0.39 is 20.2 Å². The predicted molar refractivity (Wildman–Crippen MR) is 36.4 cm³/mol. The molecule has 66 valence electrons. The third kappa shape index (κ3) is 2.40.